The highest BCUT2D eigenvalue weighted by molar-refractivity contribution is 7.64. The number of benzene rings is 1. The predicted molar refractivity (Wildman–Crippen MR) is 201 cm³/mol. The summed E-state index contributed by atoms with van der Waals surface area (Å²) in [5.41, 5.74) is 1.87. The number of fused-ring (bicyclic) bond motifs is 1. The van der Waals surface area contributed by atoms with E-state index in [1.807, 2.05) is 45.9 Å². The number of aliphatic hydroxyl groups excluding tert-OH is 1. The molecule has 0 spiro atoms. The molecule has 51 heavy (non-hydrogen) atoms. The van der Waals surface area contributed by atoms with Crippen LogP contribution in [-0.2, 0) is 32.2 Å². The number of para-hydroxylation sites is 1. The van der Waals surface area contributed by atoms with Crippen molar-refractivity contribution < 1.29 is 46.8 Å². The molecule has 0 amide bonds. The molecule has 0 saturated carbocycles. The summed E-state index contributed by atoms with van der Waals surface area (Å²) in [4.78, 5) is 10.6. The Morgan fingerprint density at radius 3 is 1.59 bits per heavy atom. The minimum atomic E-state index is -3.46. The monoisotopic (exact) mass is 785 g/mol. The smallest absolute Gasteiger partial charge is 0.400 e. The van der Waals surface area contributed by atoms with E-state index < -0.39 is 23.1 Å². The predicted octanol–water partition coefficient (Wildman–Crippen LogP) is 6.27. The van der Waals surface area contributed by atoms with Gasteiger partial charge in [-0.1, -0.05) is 26.0 Å². The van der Waals surface area contributed by atoms with Crippen LogP contribution in [0, 0.1) is 0 Å². The quantitative estimate of drug-likeness (QED) is 0.183. The highest BCUT2D eigenvalue weighted by atomic mass is 31.2. The van der Waals surface area contributed by atoms with Gasteiger partial charge in [-0.15, -0.1) is 19.1 Å². The van der Waals surface area contributed by atoms with Crippen LogP contribution in [-0.4, -0.2) is 132 Å². The Hall–Kier alpha value is -1.09. The van der Waals surface area contributed by atoms with Gasteiger partial charge in [-0.3, -0.25) is 9.13 Å². The van der Waals surface area contributed by atoms with E-state index in [4.69, 9.17) is 33.1 Å². The van der Waals surface area contributed by atoms with Crippen molar-refractivity contribution in [2.24, 2.45) is 0 Å². The van der Waals surface area contributed by atoms with Crippen molar-refractivity contribution in [1.82, 2.24) is 29.2 Å². The Labute approximate surface area is 305 Å². The Balaban J connectivity index is 0.000000304. The fraction of sp³-hybridized carbons (Fsp3) is 0.812. The highest BCUT2D eigenvalue weighted by Crippen LogP contribution is 2.68. The van der Waals surface area contributed by atoms with Crippen LogP contribution in [0.3, 0.4) is 0 Å². The van der Waals surface area contributed by atoms with E-state index in [1.54, 1.807) is 4.85 Å². The third-order valence-electron chi connectivity index (χ3n) is 8.89. The molecule has 0 radical (unpaired) electrons. The second-order valence-corrected chi connectivity index (χ2v) is 19.3. The molecule has 3 fully saturated rings. The van der Waals surface area contributed by atoms with Gasteiger partial charge in [0.15, 0.2) is 0 Å². The number of aromatic nitrogens is 3. The average Bonchev–Trinajstić information content (AvgIpc) is 4.02. The SMILES string of the molecule is CCC(C)OCP(=O)(O)OC.CCC(C)OCP(=O)(OC)OC.CO.c1ccc2c(c1)nnn2O[P+](N1CCCC1)(N1CCCC1)N1CCCC1. The zero-order valence-electron chi connectivity index (χ0n) is 32.0. The van der Waals surface area contributed by atoms with Gasteiger partial charge in [-0.2, -0.15) is 4.62 Å². The van der Waals surface area contributed by atoms with E-state index >= 15 is 0 Å². The fourth-order valence-corrected chi connectivity index (χ4v) is 11.0. The molecule has 3 unspecified atom stereocenters. The van der Waals surface area contributed by atoms with Gasteiger partial charge in [0, 0.05) is 67.7 Å². The molecule has 2 N–H and O–H groups in total. The number of rotatable bonds is 16. The van der Waals surface area contributed by atoms with Crippen molar-refractivity contribution >= 4 is 34.2 Å². The van der Waals surface area contributed by atoms with Gasteiger partial charge >= 0.3 is 23.1 Å². The number of nitrogens with zero attached hydrogens (tertiary/aromatic N) is 6. The summed E-state index contributed by atoms with van der Waals surface area (Å²) in [7, 11) is -3.61. The molecular formula is C32H64N6O10P3+. The summed E-state index contributed by atoms with van der Waals surface area (Å²) in [5, 5.41) is 15.7. The normalized spacial score (nSPS) is 19.6. The molecule has 16 nitrogen and oxygen atoms in total. The maximum absolute atomic E-state index is 11.4. The second kappa shape index (κ2) is 23.6. The lowest BCUT2D eigenvalue weighted by Crippen LogP contribution is -2.47. The first-order chi connectivity index (χ1) is 24.5. The average molecular weight is 786 g/mol. The molecule has 0 bridgehead atoms. The van der Waals surface area contributed by atoms with E-state index in [1.165, 1.54) is 59.9 Å². The van der Waals surface area contributed by atoms with Gasteiger partial charge in [-0.05, 0) is 87.4 Å². The van der Waals surface area contributed by atoms with Crippen LogP contribution in [0.2, 0.25) is 0 Å². The minimum absolute atomic E-state index is 0.00521. The van der Waals surface area contributed by atoms with Gasteiger partial charge in [0.2, 0.25) is 0 Å². The Bertz CT molecular complexity index is 1280. The molecule has 3 atom stereocenters. The first-order valence-corrected chi connectivity index (χ1v) is 22.9. The third-order valence-corrected chi connectivity index (χ3v) is 15.3. The molecule has 3 aliphatic rings. The zero-order valence-corrected chi connectivity index (χ0v) is 34.6. The maximum Gasteiger partial charge on any atom is 0.451 e. The molecule has 4 heterocycles. The lowest BCUT2D eigenvalue weighted by Gasteiger charge is -2.39. The van der Waals surface area contributed by atoms with Crippen LogP contribution in [0.5, 0.6) is 0 Å². The van der Waals surface area contributed by atoms with Crippen LogP contribution in [0.25, 0.3) is 11.0 Å². The van der Waals surface area contributed by atoms with Gasteiger partial charge in [0.1, 0.15) is 23.7 Å². The van der Waals surface area contributed by atoms with Crippen LogP contribution >= 0.6 is 23.1 Å². The number of hydrogen-bond acceptors (Lipinski definition) is 14. The van der Waals surface area contributed by atoms with E-state index in [-0.39, 0.29) is 24.9 Å². The van der Waals surface area contributed by atoms with Crippen molar-refractivity contribution in [3.8, 4) is 0 Å². The summed E-state index contributed by atoms with van der Waals surface area (Å²) in [6.45, 7) is 14.5. The summed E-state index contributed by atoms with van der Waals surface area (Å²) in [5.74, 6) is 0. The van der Waals surface area contributed by atoms with Gasteiger partial charge in [-0.25, -0.2) is 0 Å². The van der Waals surface area contributed by atoms with Gasteiger partial charge in [0.25, 0.3) is 0 Å². The summed E-state index contributed by atoms with van der Waals surface area (Å²) >= 11 is 0. The standard InChI is InChI=1S/C18H28N6OP.C7H17O4P.C6H15O4P.CH4O/c1-2-10-18-17(9-1)19-20-24(18)25-26(21-11-3-4-12-21,22-13-5-6-14-22)23-15-7-8-16-23;1-5-7(2)11-6-12(8,9-3)10-4;1-4-6(2)10-5-11(7,8)9-3;1-2/h1-2,9-10H,3-8,11-16H2;7H,5-6H2,1-4H3;6H,4-5H2,1-3H3,(H,7,8);2H,1H3/q+1;;;. The topological polar surface area (TPSA) is 170 Å². The van der Waals surface area contributed by atoms with E-state index in [2.05, 4.69) is 34.9 Å². The molecule has 5 rings (SSSR count). The molecule has 3 saturated heterocycles. The highest BCUT2D eigenvalue weighted by Gasteiger charge is 2.63. The van der Waals surface area contributed by atoms with Crippen molar-refractivity contribution in [1.29, 1.82) is 0 Å². The molecule has 296 valence electrons. The molecule has 1 aromatic carbocycles. The zero-order chi connectivity index (χ0) is 37.9. The Morgan fingerprint density at radius 1 is 0.745 bits per heavy atom. The van der Waals surface area contributed by atoms with Crippen molar-refractivity contribution in [2.75, 3.05) is 80.4 Å². The van der Waals surface area contributed by atoms with Crippen molar-refractivity contribution in [3.05, 3.63) is 24.3 Å². The van der Waals surface area contributed by atoms with Crippen LogP contribution < -0.4 is 4.62 Å². The van der Waals surface area contributed by atoms with Gasteiger partial charge in [0.05, 0.1) is 12.2 Å². The third kappa shape index (κ3) is 13.9. The van der Waals surface area contributed by atoms with Crippen molar-refractivity contribution in [2.45, 2.75) is 91.3 Å². The number of ether oxygens (including phenoxy) is 2. The molecule has 1 aromatic heterocycles. The van der Waals surface area contributed by atoms with Gasteiger partial charge < -0.3 is 33.0 Å². The summed E-state index contributed by atoms with van der Waals surface area (Å²) < 4.78 is 61.0. The molecule has 19 heteroatoms. The largest absolute Gasteiger partial charge is 0.451 e. The first kappa shape index (κ1) is 46.1. The molecule has 0 aliphatic carbocycles. The van der Waals surface area contributed by atoms with Crippen LogP contribution in [0.1, 0.15) is 79.1 Å². The van der Waals surface area contributed by atoms with Crippen LogP contribution in [0.15, 0.2) is 24.3 Å². The fourth-order valence-electron chi connectivity index (χ4n) is 5.49. The minimum Gasteiger partial charge on any atom is -0.400 e. The number of hydrogen-bond donors (Lipinski definition) is 2. The Morgan fingerprint density at radius 2 is 1.18 bits per heavy atom. The molecular weight excluding hydrogens is 721 g/mol. The van der Waals surface area contributed by atoms with E-state index in [9.17, 15) is 9.13 Å². The van der Waals surface area contributed by atoms with Crippen molar-refractivity contribution in [3.63, 3.8) is 0 Å². The van der Waals surface area contributed by atoms with E-state index in [0.29, 0.717) is 0 Å². The first-order valence-electron chi connectivity index (χ1n) is 17.9. The maximum atomic E-state index is 11.4. The summed E-state index contributed by atoms with van der Waals surface area (Å²) in [6, 6.07) is 8.10. The molecule has 2 aromatic rings. The lowest BCUT2D eigenvalue weighted by molar-refractivity contribution is 0.0806. The van der Waals surface area contributed by atoms with E-state index in [0.717, 1.165) is 70.3 Å². The summed E-state index contributed by atoms with van der Waals surface area (Å²) in [6.07, 6.45) is 9.21. The number of aliphatic hydroxyl groups is 1. The molecule has 3 aliphatic heterocycles. The Kier molecular flexibility index (Phi) is 21.4. The van der Waals surface area contributed by atoms with Crippen LogP contribution in [0.4, 0.5) is 0 Å². The second-order valence-electron chi connectivity index (χ2n) is 12.4. The lowest BCUT2D eigenvalue weighted by atomic mass is 10.3.